The van der Waals surface area contributed by atoms with Gasteiger partial charge in [0.25, 0.3) is 0 Å². The van der Waals surface area contributed by atoms with Crippen molar-refractivity contribution < 1.29 is 0 Å². The van der Waals surface area contributed by atoms with Crippen molar-refractivity contribution in [2.45, 2.75) is 101 Å². The second-order valence-corrected chi connectivity index (χ2v) is 5.34. The maximum atomic E-state index is 2.25. The summed E-state index contributed by atoms with van der Waals surface area (Å²) in [5.41, 5.74) is 0. The molecule has 0 aliphatic carbocycles. The first-order valence-corrected chi connectivity index (χ1v) is 7.45. The lowest BCUT2D eigenvalue weighted by Gasteiger charge is -1.95. The van der Waals surface area contributed by atoms with E-state index >= 15 is 0 Å². The normalized spacial score (nSPS) is 8.82. The summed E-state index contributed by atoms with van der Waals surface area (Å²) in [6.07, 6.45) is 8.09. The summed E-state index contributed by atoms with van der Waals surface area (Å²) in [6.45, 7) is 17.8. The Morgan fingerprint density at radius 1 is 0.647 bits per heavy atom. The van der Waals surface area contributed by atoms with E-state index in [-0.39, 0.29) is 7.43 Å². The van der Waals surface area contributed by atoms with Crippen molar-refractivity contribution in [1.82, 2.24) is 0 Å². The van der Waals surface area contributed by atoms with Crippen molar-refractivity contribution in [2.75, 3.05) is 0 Å². The molecular formula is C17H42. The topological polar surface area (TPSA) is 0 Å². The van der Waals surface area contributed by atoms with Gasteiger partial charge in [-0.1, -0.05) is 101 Å². The fraction of sp³-hybridized carbons (Fsp3) is 1.00. The molecule has 0 saturated heterocycles. The van der Waals surface area contributed by atoms with Crippen molar-refractivity contribution in [3.8, 4) is 0 Å². The lowest BCUT2D eigenvalue weighted by molar-refractivity contribution is 0.576. The van der Waals surface area contributed by atoms with Gasteiger partial charge in [0, 0.05) is 0 Å². The number of hydrogen-bond acceptors (Lipinski definition) is 0. The van der Waals surface area contributed by atoms with Crippen LogP contribution in [0, 0.1) is 11.8 Å². The SMILES string of the molecule is C.CCC(C)C.CCCC(C)C.CCCCC. The average molecular weight is 247 g/mol. The zero-order chi connectivity index (χ0) is 13.4. The standard InChI is InChI=1S/C6H14.2C5H12.CH4/c1-4-5-6(2)3;1-4-5(2)3;1-3-5-4-2;/h6H,4-5H2,1-3H3;5H,4H2,1-3H3;3-5H2,1-2H3;1H4. The van der Waals surface area contributed by atoms with E-state index in [9.17, 15) is 0 Å². The predicted octanol–water partition coefficient (Wildman–Crippen LogP) is 7.33. The van der Waals surface area contributed by atoms with Gasteiger partial charge in [-0.3, -0.25) is 0 Å². The molecule has 0 aliphatic rings. The maximum absolute atomic E-state index is 2.25. The third-order valence-electron chi connectivity index (χ3n) is 2.39. The van der Waals surface area contributed by atoms with Crippen LogP contribution in [0.4, 0.5) is 0 Å². The Kier molecular flexibility index (Phi) is 37.9. The van der Waals surface area contributed by atoms with Gasteiger partial charge in [0.2, 0.25) is 0 Å². The minimum absolute atomic E-state index is 0. The van der Waals surface area contributed by atoms with Gasteiger partial charge >= 0.3 is 0 Å². The molecule has 0 aromatic rings. The highest BCUT2D eigenvalue weighted by Crippen LogP contribution is 2.00. The van der Waals surface area contributed by atoms with Crippen LogP contribution in [0.5, 0.6) is 0 Å². The highest BCUT2D eigenvalue weighted by molar-refractivity contribution is 4.38. The van der Waals surface area contributed by atoms with Crippen LogP contribution >= 0.6 is 0 Å². The summed E-state index contributed by atoms with van der Waals surface area (Å²) in [5.74, 6) is 1.78. The summed E-state index contributed by atoms with van der Waals surface area (Å²) < 4.78 is 0. The molecule has 0 spiro atoms. The summed E-state index contributed by atoms with van der Waals surface area (Å²) in [7, 11) is 0. The van der Waals surface area contributed by atoms with Crippen molar-refractivity contribution in [3.63, 3.8) is 0 Å². The Balaban J connectivity index is -0.0000000729. The molecule has 0 heteroatoms. The van der Waals surface area contributed by atoms with E-state index in [1.54, 1.807) is 0 Å². The molecule has 0 aliphatic heterocycles. The quantitative estimate of drug-likeness (QED) is 0.476. The number of unbranched alkanes of at least 4 members (excludes halogenated alkanes) is 2. The van der Waals surface area contributed by atoms with Crippen LogP contribution in [0.25, 0.3) is 0 Å². The Labute approximate surface area is 114 Å². The van der Waals surface area contributed by atoms with E-state index in [4.69, 9.17) is 0 Å². The zero-order valence-electron chi connectivity index (χ0n) is 13.4. The van der Waals surface area contributed by atoms with Gasteiger partial charge < -0.3 is 0 Å². The second-order valence-electron chi connectivity index (χ2n) is 5.34. The van der Waals surface area contributed by atoms with Gasteiger partial charge in [-0.2, -0.15) is 0 Å². The van der Waals surface area contributed by atoms with Gasteiger partial charge in [0.1, 0.15) is 0 Å². The zero-order valence-corrected chi connectivity index (χ0v) is 13.4. The molecule has 0 aromatic heterocycles. The molecule has 0 rings (SSSR count). The van der Waals surface area contributed by atoms with E-state index < -0.39 is 0 Å². The summed E-state index contributed by atoms with van der Waals surface area (Å²) in [5, 5.41) is 0. The third kappa shape index (κ3) is 64.0. The predicted molar refractivity (Wildman–Crippen MR) is 86.8 cm³/mol. The average Bonchev–Trinajstić information content (AvgIpc) is 2.20. The Morgan fingerprint density at radius 2 is 1.00 bits per heavy atom. The van der Waals surface area contributed by atoms with Crippen LogP contribution in [0.1, 0.15) is 101 Å². The summed E-state index contributed by atoms with van der Waals surface area (Å²) in [4.78, 5) is 0. The third-order valence-corrected chi connectivity index (χ3v) is 2.39. The van der Waals surface area contributed by atoms with Crippen molar-refractivity contribution in [3.05, 3.63) is 0 Å². The van der Waals surface area contributed by atoms with Gasteiger partial charge in [0.05, 0.1) is 0 Å². The van der Waals surface area contributed by atoms with Gasteiger partial charge in [-0.25, -0.2) is 0 Å². The van der Waals surface area contributed by atoms with Crippen molar-refractivity contribution in [2.24, 2.45) is 11.8 Å². The molecule has 110 valence electrons. The van der Waals surface area contributed by atoms with Crippen LogP contribution in [0.3, 0.4) is 0 Å². The van der Waals surface area contributed by atoms with Crippen LogP contribution in [0.15, 0.2) is 0 Å². The molecule has 0 saturated carbocycles. The fourth-order valence-electron chi connectivity index (χ4n) is 0.931. The van der Waals surface area contributed by atoms with Crippen LogP contribution in [-0.4, -0.2) is 0 Å². The first-order valence-electron chi connectivity index (χ1n) is 7.45. The Bertz CT molecular complexity index is 80.0. The molecule has 0 nitrogen and oxygen atoms in total. The molecule has 0 bridgehead atoms. The van der Waals surface area contributed by atoms with Gasteiger partial charge in [-0.05, 0) is 11.8 Å². The number of rotatable bonds is 5. The Hall–Kier alpha value is 0. The van der Waals surface area contributed by atoms with E-state index in [2.05, 4.69) is 55.4 Å². The first-order chi connectivity index (χ1) is 7.45. The van der Waals surface area contributed by atoms with E-state index in [0.29, 0.717) is 0 Å². The monoisotopic (exact) mass is 246 g/mol. The summed E-state index contributed by atoms with van der Waals surface area (Å²) >= 11 is 0. The van der Waals surface area contributed by atoms with Crippen LogP contribution < -0.4 is 0 Å². The van der Waals surface area contributed by atoms with Gasteiger partial charge in [0.15, 0.2) is 0 Å². The minimum Gasteiger partial charge on any atom is -0.0776 e. The molecule has 17 heavy (non-hydrogen) atoms. The molecule has 0 N–H and O–H groups in total. The van der Waals surface area contributed by atoms with Crippen molar-refractivity contribution >= 4 is 0 Å². The molecule has 0 heterocycles. The van der Waals surface area contributed by atoms with E-state index in [0.717, 1.165) is 11.8 Å². The van der Waals surface area contributed by atoms with E-state index in [1.807, 2.05) is 0 Å². The highest BCUT2D eigenvalue weighted by atomic mass is 13.9. The number of hydrogen-bond donors (Lipinski definition) is 0. The molecule has 0 amide bonds. The lowest BCUT2D eigenvalue weighted by atomic mass is 10.1. The molecule has 0 radical (unpaired) electrons. The summed E-state index contributed by atoms with van der Waals surface area (Å²) in [6, 6.07) is 0. The van der Waals surface area contributed by atoms with Crippen LogP contribution in [-0.2, 0) is 0 Å². The Morgan fingerprint density at radius 3 is 1.00 bits per heavy atom. The smallest absolute Gasteiger partial charge is 0.0471 e. The van der Waals surface area contributed by atoms with Crippen LogP contribution in [0.2, 0.25) is 0 Å². The van der Waals surface area contributed by atoms with Gasteiger partial charge in [-0.15, -0.1) is 0 Å². The lowest BCUT2D eigenvalue weighted by Crippen LogP contribution is -1.81. The fourth-order valence-corrected chi connectivity index (χ4v) is 0.931. The first kappa shape index (κ1) is 25.8. The maximum Gasteiger partial charge on any atom is -0.0471 e. The minimum atomic E-state index is 0. The highest BCUT2D eigenvalue weighted by Gasteiger charge is 1.85. The molecule has 0 aromatic carbocycles. The molecule has 0 atom stereocenters. The molecular weight excluding hydrogens is 204 g/mol. The van der Waals surface area contributed by atoms with E-state index in [1.165, 1.54) is 38.5 Å². The largest absolute Gasteiger partial charge is 0.0776 e. The molecule has 0 fully saturated rings. The van der Waals surface area contributed by atoms with Crippen molar-refractivity contribution in [1.29, 1.82) is 0 Å². The molecule has 0 unspecified atom stereocenters. The second kappa shape index (κ2) is 25.0.